The zero-order valence-electron chi connectivity index (χ0n) is 16.9. The van der Waals surface area contributed by atoms with Crippen LogP contribution >= 0.6 is 0 Å². The van der Waals surface area contributed by atoms with E-state index in [-0.39, 0.29) is 27.6 Å². The van der Waals surface area contributed by atoms with Gasteiger partial charge in [0.05, 0.1) is 19.5 Å². The van der Waals surface area contributed by atoms with E-state index in [4.69, 9.17) is 4.74 Å². The Morgan fingerprint density at radius 2 is 1.83 bits per heavy atom. The van der Waals surface area contributed by atoms with Crippen molar-refractivity contribution >= 4 is 16.7 Å². The van der Waals surface area contributed by atoms with Gasteiger partial charge in [-0.2, -0.15) is 0 Å². The van der Waals surface area contributed by atoms with Crippen LogP contribution in [-0.4, -0.2) is 48.0 Å². The van der Waals surface area contributed by atoms with Gasteiger partial charge in [0.1, 0.15) is 23.4 Å². The molecule has 0 aliphatic carbocycles. The van der Waals surface area contributed by atoms with Crippen LogP contribution in [-0.2, 0) is 20.4 Å². The number of carbonyl (C=O) groups is 1. The van der Waals surface area contributed by atoms with Crippen molar-refractivity contribution in [1.29, 1.82) is 0 Å². The highest BCUT2D eigenvalue weighted by Crippen LogP contribution is 2.32. The van der Waals surface area contributed by atoms with Gasteiger partial charge in [-0.1, -0.05) is 47.6 Å². The van der Waals surface area contributed by atoms with Crippen molar-refractivity contribution in [3.8, 4) is 0 Å². The fourth-order valence-electron chi connectivity index (χ4n) is 2.77. The summed E-state index contributed by atoms with van der Waals surface area (Å²) in [4.78, 5) is 12.8. The SMILES string of the molecule is C=CCOCC(O)C[S+](C)CC[C@H](CC(C)(C)C)C(=O)C(C)(C)C. The number of hydrogen-bond acceptors (Lipinski definition) is 3. The van der Waals surface area contributed by atoms with E-state index in [0.717, 1.165) is 24.3 Å². The Balaban J connectivity index is 4.54. The second kappa shape index (κ2) is 10.6. The average molecular weight is 360 g/mol. The third-order valence-corrected chi connectivity index (χ3v) is 5.69. The summed E-state index contributed by atoms with van der Waals surface area (Å²) in [6.07, 6.45) is 5.26. The van der Waals surface area contributed by atoms with Crippen LogP contribution in [0.4, 0.5) is 0 Å². The maximum atomic E-state index is 12.8. The maximum absolute atomic E-state index is 12.8. The molecule has 0 saturated carbocycles. The number of rotatable bonds is 11. The summed E-state index contributed by atoms with van der Waals surface area (Å²) in [6, 6.07) is 0. The van der Waals surface area contributed by atoms with Crippen molar-refractivity contribution in [2.45, 2.75) is 60.5 Å². The second-order valence-corrected chi connectivity index (χ2v) is 11.3. The molecular formula is C20H39O3S+. The fourth-order valence-corrected chi connectivity index (χ4v) is 4.37. The van der Waals surface area contributed by atoms with Crippen molar-refractivity contribution < 1.29 is 14.6 Å². The third-order valence-electron chi connectivity index (χ3n) is 3.81. The highest BCUT2D eigenvalue weighted by atomic mass is 32.2. The van der Waals surface area contributed by atoms with Crippen molar-refractivity contribution in [2.24, 2.45) is 16.7 Å². The van der Waals surface area contributed by atoms with Crippen LogP contribution in [0.15, 0.2) is 12.7 Å². The number of Topliss-reactive ketones (excluding diaryl/α,β-unsaturated/α-hetero) is 1. The molecule has 0 aromatic heterocycles. The van der Waals surface area contributed by atoms with Gasteiger partial charge >= 0.3 is 0 Å². The van der Waals surface area contributed by atoms with E-state index in [9.17, 15) is 9.90 Å². The summed E-state index contributed by atoms with van der Waals surface area (Å²) in [7, 11) is 0.0941. The minimum Gasteiger partial charge on any atom is -0.386 e. The Morgan fingerprint density at radius 3 is 2.29 bits per heavy atom. The van der Waals surface area contributed by atoms with Crippen molar-refractivity contribution in [2.75, 3.05) is 31.0 Å². The second-order valence-electron chi connectivity index (χ2n) is 9.00. The Hall–Kier alpha value is -0.320. The number of aliphatic hydroxyl groups excluding tert-OH is 1. The predicted octanol–water partition coefficient (Wildman–Crippen LogP) is 3.86. The molecule has 1 N–H and O–H groups in total. The maximum Gasteiger partial charge on any atom is 0.141 e. The normalized spacial score (nSPS) is 16.5. The molecule has 0 fully saturated rings. The molecule has 0 aliphatic rings. The molecule has 2 unspecified atom stereocenters. The lowest BCUT2D eigenvalue weighted by molar-refractivity contribution is -0.131. The molecule has 4 heteroatoms. The Morgan fingerprint density at radius 1 is 1.25 bits per heavy atom. The molecular weight excluding hydrogens is 320 g/mol. The summed E-state index contributed by atoms with van der Waals surface area (Å²) in [5.41, 5.74) is -0.143. The van der Waals surface area contributed by atoms with Gasteiger partial charge in [0, 0.05) is 17.8 Å². The zero-order valence-corrected chi connectivity index (χ0v) is 17.7. The molecule has 0 spiro atoms. The molecule has 3 nitrogen and oxygen atoms in total. The minimum absolute atomic E-state index is 0.0941. The van der Waals surface area contributed by atoms with Crippen LogP contribution in [0.5, 0.6) is 0 Å². The third kappa shape index (κ3) is 11.3. The quantitative estimate of drug-likeness (QED) is 0.346. The molecule has 142 valence electrons. The van der Waals surface area contributed by atoms with Crippen LogP contribution in [0.1, 0.15) is 54.4 Å². The van der Waals surface area contributed by atoms with Crippen LogP contribution in [0.25, 0.3) is 0 Å². The first-order valence-electron chi connectivity index (χ1n) is 8.87. The van der Waals surface area contributed by atoms with Crippen LogP contribution < -0.4 is 0 Å². The molecule has 24 heavy (non-hydrogen) atoms. The topological polar surface area (TPSA) is 46.5 Å². The van der Waals surface area contributed by atoms with Gasteiger partial charge < -0.3 is 9.84 Å². The average Bonchev–Trinajstić information content (AvgIpc) is 2.40. The van der Waals surface area contributed by atoms with Crippen molar-refractivity contribution in [1.82, 2.24) is 0 Å². The molecule has 0 aliphatic heterocycles. The molecule has 0 radical (unpaired) electrons. The van der Waals surface area contributed by atoms with E-state index in [1.165, 1.54) is 0 Å². The van der Waals surface area contributed by atoms with Crippen LogP contribution in [0.2, 0.25) is 0 Å². The standard InChI is InChI=1S/C20H39O3S/c1-9-11-23-14-17(21)15-24(8)12-10-16(13-19(2,3)4)18(22)20(5,6)7/h9,16-17,21H,1,10-15H2,2-8H3/q+1/t16-,17?,24?/m1/s1. The zero-order chi connectivity index (χ0) is 19.0. The summed E-state index contributed by atoms with van der Waals surface area (Å²) in [5, 5.41) is 10.0. The monoisotopic (exact) mass is 359 g/mol. The predicted molar refractivity (Wildman–Crippen MR) is 107 cm³/mol. The largest absolute Gasteiger partial charge is 0.386 e. The van der Waals surface area contributed by atoms with E-state index in [1.54, 1.807) is 6.08 Å². The number of carbonyl (C=O) groups excluding carboxylic acids is 1. The van der Waals surface area contributed by atoms with Gasteiger partial charge in [0.2, 0.25) is 0 Å². The highest BCUT2D eigenvalue weighted by molar-refractivity contribution is 7.96. The van der Waals surface area contributed by atoms with Crippen molar-refractivity contribution in [3.05, 3.63) is 12.7 Å². The molecule has 0 rings (SSSR count). The summed E-state index contributed by atoms with van der Waals surface area (Å²) in [5.74, 6) is 2.20. The van der Waals surface area contributed by atoms with E-state index in [0.29, 0.717) is 19.0 Å². The van der Waals surface area contributed by atoms with Gasteiger partial charge in [0.25, 0.3) is 0 Å². The number of hydrogen-bond donors (Lipinski definition) is 1. The van der Waals surface area contributed by atoms with E-state index < -0.39 is 6.10 Å². The van der Waals surface area contributed by atoms with Gasteiger partial charge in [0.15, 0.2) is 0 Å². The lowest BCUT2D eigenvalue weighted by atomic mass is 9.75. The molecule has 0 amide bonds. The molecule has 0 aromatic rings. The van der Waals surface area contributed by atoms with E-state index >= 15 is 0 Å². The van der Waals surface area contributed by atoms with E-state index in [2.05, 4.69) is 33.6 Å². The highest BCUT2D eigenvalue weighted by Gasteiger charge is 2.33. The first-order chi connectivity index (χ1) is 10.9. The van der Waals surface area contributed by atoms with Gasteiger partial charge in [-0.05, 0) is 22.7 Å². The molecule has 0 aromatic carbocycles. The Kier molecular flexibility index (Phi) is 10.5. The number of aliphatic hydroxyl groups is 1. The van der Waals surface area contributed by atoms with Crippen LogP contribution in [0, 0.1) is 16.7 Å². The summed E-state index contributed by atoms with van der Waals surface area (Å²) >= 11 is 0. The Labute approximate surface area is 152 Å². The molecule has 0 saturated heterocycles. The number of ketones is 1. The lowest BCUT2D eigenvalue weighted by Crippen LogP contribution is -2.33. The summed E-state index contributed by atoms with van der Waals surface area (Å²) in [6.45, 7) is 17.1. The molecule has 0 bridgehead atoms. The van der Waals surface area contributed by atoms with E-state index in [1.807, 2.05) is 20.8 Å². The van der Waals surface area contributed by atoms with Gasteiger partial charge in [-0.3, -0.25) is 4.79 Å². The summed E-state index contributed by atoms with van der Waals surface area (Å²) < 4.78 is 5.30. The van der Waals surface area contributed by atoms with Gasteiger partial charge in [-0.25, -0.2) is 0 Å². The van der Waals surface area contributed by atoms with Gasteiger partial charge in [-0.15, -0.1) is 6.58 Å². The molecule has 3 atom stereocenters. The first kappa shape index (κ1) is 23.7. The smallest absolute Gasteiger partial charge is 0.141 e. The van der Waals surface area contributed by atoms with Crippen LogP contribution in [0.3, 0.4) is 0 Å². The minimum atomic E-state index is -0.433. The lowest BCUT2D eigenvalue weighted by Gasteiger charge is -2.29. The number of ether oxygens (including phenoxy) is 1. The van der Waals surface area contributed by atoms with Crippen molar-refractivity contribution in [3.63, 3.8) is 0 Å². The first-order valence-corrected chi connectivity index (χ1v) is 10.8. The molecule has 0 heterocycles. The Bertz CT molecular complexity index is 379. The fraction of sp³-hybridized carbons (Fsp3) is 0.850.